The van der Waals surface area contributed by atoms with Crippen molar-refractivity contribution in [1.82, 2.24) is 19.9 Å². The van der Waals surface area contributed by atoms with Crippen molar-refractivity contribution in [2.75, 3.05) is 10.0 Å². The predicted octanol–water partition coefficient (Wildman–Crippen LogP) is 8.79. The molecule has 1 N–H and O–H groups in total. The molecule has 0 saturated carbocycles. The molecule has 0 aliphatic heterocycles. The zero-order chi connectivity index (χ0) is 34.3. The lowest BCUT2D eigenvalue weighted by atomic mass is 9.93. The molecule has 7 aromatic rings. The average molecular weight is 653 g/mol. The van der Waals surface area contributed by atoms with Crippen LogP contribution < -0.4 is 15.3 Å². The Bertz CT molecular complexity index is 2300. The van der Waals surface area contributed by atoms with Gasteiger partial charge >= 0.3 is 6.09 Å². The Labute approximate surface area is 283 Å². The van der Waals surface area contributed by atoms with E-state index < -0.39 is 17.2 Å². The van der Waals surface area contributed by atoms with Gasteiger partial charge in [-0.25, -0.2) is 19.8 Å². The van der Waals surface area contributed by atoms with Crippen LogP contribution in [-0.4, -0.2) is 32.2 Å². The molecular formula is C39H36N6O4. The number of nitrogens with zero attached hydrogens (tertiary/aromatic N) is 5. The van der Waals surface area contributed by atoms with Crippen LogP contribution in [0.5, 0.6) is 0 Å². The first-order valence-corrected chi connectivity index (χ1v) is 16.0. The monoisotopic (exact) mass is 652 g/mol. The maximum absolute atomic E-state index is 14.9. The number of ether oxygens (including phenoxy) is 1. The van der Waals surface area contributed by atoms with Gasteiger partial charge in [-0.1, -0.05) is 60.7 Å². The minimum absolute atomic E-state index is 0.324. The topological polar surface area (TPSA) is 105 Å². The minimum atomic E-state index is -0.772. The van der Waals surface area contributed by atoms with E-state index in [0.29, 0.717) is 28.5 Å². The van der Waals surface area contributed by atoms with Crippen molar-refractivity contribution in [2.24, 2.45) is 0 Å². The van der Waals surface area contributed by atoms with E-state index >= 15 is 0 Å². The molecule has 3 aromatic heterocycles. The number of furan rings is 1. The number of anilines is 3. The first-order valence-electron chi connectivity index (χ1n) is 16.0. The van der Waals surface area contributed by atoms with Gasteiger partial charge in [-0.3, -0.25) is 4.79 Å². The van der Waals surface area contributed by atoms with Gasteiger partial charge in [0.25, 0.3) is 11.9 Å². The van der Waals surface area contributed by atoms with Gasteiger partial charge in [0.15, 0.2) is 5.58 Å². The van der Waals surface area contributed by atoms with Gasteiger partial charge in [0.2, 0.25) is 0 Å². The standard InChI is InChI=1S/C39H36N6O4/c1-38(2,3)49-37(47)42-39(4,5)27-20-18-26(19-21-27)35(46)44(29-12-7-6-8-13-29)45(36-40-24-22-28-23-25-41-43(28)36)32-16-11-15-31-30-14-9-10-17-33(30)48-34(31)32/h6-25H,1-5H3,(H,42,47). The summed E-state index contributed by atoms with van der Waals surface area (Å²) in [5.74, 6) is 0.0571. The van der Waals surface area contributed by atoms with Crippen LogP contribution in [0.4, 0.5) is 22.1 Å². The maximum atomic E-state index is 14.9. The van der Waals surface area contributed by atoms with Crippen molar-refractivity contribution in [3.8, 4) is 0 Å². The van der Waals surface area contributed by atoms with Crippen molar-refractivity contribution >= 4 is 56.8 Å². The molecule has 0 aliphatic carbocycles. The molecule has 10 nitrogen and oxygen atoms in total. The van der Waals surface area contributed by atoms with Crippen LogP contribution in [0, 0.1) is 0 Å². The number of fused-ring (bicyclic) bond motifs is 4. The lowest BCUT2D eigenvalue weighted by Crippen LogP contribution is -2.46. The number of hydrogen-bond acceptors (Lipinski definition) is 7. The third kappa shape index (κ3) is 6.04. The summed E-state index contributed by atoms with van der Waals surface area (Å²) in [5.41, 5.74) is 3.12. The summed E-state index contributed by atoms with van der Waals surface area (Å²) in [5, 5.41) is 12.7. The number of benzene rings is 4. The molecule has 0 unspecified atom stereocenters. The highest BCUT2D eigenvalue weighted by Gasteiger charge is 2.33. The van der Waals surface area contributed by atoms with Gasteiger partial charge in [0.1, 0.15) is 16.9 Å². The molecule has 2 amide bonds. The molecule has 4 aromatic carbocycles. The fourth-order valence-corrected chi connectivity index (χ4v) is 5.87. The summed E-state index contributed by atoms with van der Waals surface area (Å²) < 4.78 is 13.7. The fourth-order valence-electron chi connectivity index (χ4n) is 5.87. The Morgan fingerprint density at radius 1 is 0.776 bits per heavy atom. The Morgan fingerprint density at radius 2 is 1.47 bits per heavy atom. The van der Waals surface area contributed by atoms with Crippen molar-refractivity contribution in [3.63, 3.8) is 0 Å². The summed E-state index contributed by atoms with van der Waals surface area (Å²) in [4.78, 5) is 32.3. The molecule has 7 rings (SSSR count). The van der Waals surface area contributed by atoms with Gasteiger partial charge in [0.05, 0.1) is 22.9 Å². The largest absolute Gasteiger partial charge is 0.454 e. The van der Waals surface area contributed by atoms with Crippen LogP contribution >= 0.6 is 0 Å². The third-order valence-electron chi connectivity index (χ3n) is 8.16. The number of alkyl carbamates (subject to hydrolysis) is 1. The Morgan fingerprint density at radius 3 is 2.22 bits per heavy atom. The molecule has 0 spiro atoms. The summed E-state index contributed by atoms with van der Waals surface area (Å²) in [6, 6.07) is 34.0. The van der Waals surface area contributed by atoms with Crippen LogP contribution in [-0.2, 0) is 10.3 Å². The Kier molecular flexibility index (Phi) is 7.78. The van der Waals surface area contributed by atoms with Gasteiger partial charge in [-0.15, -0.1) is 0 Å². The highest BCUT2D eigenvalue weighted by molar-refractivity contribution is 6.13. The van der Waals surface area contributed by atoms with E-state index in [1.807, 2.05) is 132 Å². The SMILES string of the molecule is CC(C)(C)OC(=O)NC(C)(C)c1ccc(C(=O)N(c2ccccc2)N(c2cccc3c2oc2ccccc23)c2nccc3ccnn23)cc1. The second-order valence-corrected chi connectivity index (χ2v) is 13.3. The zero-order valence-corrected chi connectivity index (χ0v) is 27.9. The summed E-state index contributed by atoms with van der Waals surface area (Å²) >= 11 is 0. The van der Waals surface area contributed by atoms with E-state index in [-0.39, 0.29) is 5.91 Å². The lowest BCUT2D eigenvalue weighted by Gasteiger charge is -2.35. The molecular weight excluding hydrogens is 616 g/mol. The molecule has 0 atom stereocenters. The highest BCUT2D eigenvalue weighted by Crippen LogP contribution is 2.40. The number of rotatable bonds is 7. The number of hydrogen-bond donors (Lipinski definition) is 1. The van der Waals surface area contributed by atoms with Crippen LogP contribution in [0.2, 0.25) is 0 Å². The molecule has 0 fully saturated rings. The van der Waals surface area contributed by atoms with Crippen molar-refractivity contribution in [3.05, 3.63) is 133 Å². The molecule has 0 saturated heterocycles. The minimum Gasteiger partial charge on any atom is -0.454 e. The van der Waals surface area contributed by atoms with Crippen LogP contribution in [0.1, 0.15) is 50.5 Å². The van der Waals surface area contributed by atoms with Crippen molar-refractivity contribution in [1.29, 1.82) is 0 Å². The molecule has 0 bridgehead atoms. The van der Waals surface area contributed by atoms with Gasteiger partial charge in [-0.2, -0.15) is 9.61 Å². The highest BCUT2D eigenvalue weighted by atomic mass is 16.6. The molecule has 0 radical (unpaired) electrons. The van der Waals surface area contributed by atoms with Gasteiger partial charge in [0, 0.05) is 22.5 Å². The molecule has 10 heteroatoms. The number of hydrazine groups is 1. The molecule has 3 heterocycles. The summed E-state index contributed by atoms with van der Waals surface area (Å²) in [7, 11) is 0. The first kappa shape index (κ1) is 31.4. The van der Waals surface area contributed by atoms with Crippen LogP contribution in [0.3, 0.4) is 0 Å². The second kappa shape index (κ2) is 12.1. The summed E-state index contributed by atoms with van der Waals surface area (Å²) in [6.07, 6.45) is 2.87. The quantitative estimate of drug-likeness (QED) is 0.172. The van der Waals surface area contributed by atoms with E-state index in [1.165, 1.54) is 0 Å². The van der Waals surface area contributed by atoms with E-state index in [2.05, 4.69) is 10.4 Å². The number of amides is 2. The van der Waals surface area contributed by atoms with E-state index in [9.17, 15) is 9.59 Å². The number of para-hydroxylation sites is 3. The van der Waals surface area contributed by atoms with Gasteiger partial charge in [-0.05, 0) is 88.7 Å². The lowest BCUT2D eigenvalue weighted by molar-refractivity contribution is 0.0470. The number of nitrogens with one attached hydrogen (secondary N) is 1. The van der Waals surface area contributed by atoms with Crippen LogP contribution in [0.25, 0.3) is 27.5 Å². The normalized spacial score (nSPS) is 11.9. The fraction of sp³-hybridized carbons (Fsp3) is 0.179. The van der Waals surface area contributed by atoms with Gasteiger partial charge < -0.3 is 14.5 Å². The number of aromatic nitrogens is 3. The van der Waals surface area contributed by atoms with Crippen molar-refractivity contribution < 1.29 is 18.7 Å². The predicted molar refractivity (Wildman–Crippen MR) is 191 cm³/mol. The molecule has 246 valence electrons. The first-order chi connectivity index (χ1) is 23.5. The second-order valence-electron chi connectivity index (χ2n) is 13.3. The Hall–Kier alpha value is -6.16. The van der Waals surface area contributed by atoms with Crippen molar-refractivity contribution in [2.45, 2.75) is 45.8 Å². The molecule has 0 aliphatic rings. The maximum Gasteiger partial charge on any atom is 0.408 e. The van der Waals surface area contributed by atoms with E-state index in [1.54, 1.807) is 39.1 Å². The Balaban J connectivity index is 1.37. The molecule has 49 heavy (non-hydrogen) atoms. The van der Waals surface area contributed by atoms with E-state index in [0.717, 1.165) is 27.4 Å². The van der Waals surface area contributed by atoms with E-state index in [4.69, 9.17) is 14.1 Å². The average Bonchev–Trinajstić information content (AvgIpc) is 3.72. The number of carbonyl (C=O) groups excluding carboxylic acids is 2. The zero-order valence-electron chi connectivity index (χ0n) is 27.9. The third-order valence-corrected chi connectivity index (χ3v) is 8.16. The summed E-state index contributed by atoms with van der Waals surface area (Å²) in [6.45, 7) is 9.22. The van der Waals surface area contributed by atoms with Crippen LogP contribution in [0.15, 0.2) is 126 Å². The number of carbonyl (C=O) groups is 2. The smallest absolute Gasteiger partial charge is 0.408 e.